The van der Waals surface area contributed by atoms with Gasteiger partial charge >= 0.3 is 18.0 Å². The van der Waals surface area contributed by atoms with Gasteiger partial charge in [0.15, 0.2) is 5.41 Å². The number of imide groups is 2. The highest BCUT2D eigenvalue weighted by Crippen LogP contribution is 2.37. The van der Waals surface area contributed by atoms with Gasteiger partial charge in [-0.2, -0.15) is 0 Å². The Bertz CT molecular complexity index is 823. The van der Waals surface area contributed by atoms with Crippen LogP contribution in [0.4, 0.5) is 4.79 Å². The van der Waals surface area contributed by atoms with Crippen molar-refractivity contribution in [2.75, 3.05) is 26.3 Å². The normalized spacial score (nSPS) is 15.5. The van der Waals surface area contributed by atoms with Crippen LogP contribution in [0, 0.1) is 0 Å². The van der Waals surface area contributed by atoms with Gasteiger partial charge in [-0.25, -0.2) is 4.79 Å². The van der Waals surface area contributed by atoms with Gasteiger partial charge in [-0.3, -0.25) is 29.0 Å². The summed E-state index contributed by atoms with van der Waals surface area (Å²) < 4.78 is 9.83. The lowest BCUT2D eigenvalue weighted by molar-refractivity contribution is -0.154. The zero-order valence-electron chi connectivity index (χ0n) is 19.5. The van der Waals surface area contributed by atoms with E-state index in [2.05, 4.69) is 0 Å². The molecule has 9 nitrogen and oxygen atoms in total. The van der Waals surface area contributed by atoms with E-state index in [0.717, 1.165) is 9.80 Å². The van der Waals surface area contributed by atoms with Gasteiger partial charge in [-0.1, -0.05) is 37.3 Å². The van der Waals surface area contributed by atoms with Crippen LogP contribution >= 0.6 is 0 Å². The topological polar surface area (TPSA) is 110 Å². The summed E-state index contributed by atoms with van der Waals surface area (Å²) in [6.07, 6.45) is 0.689. The van der Waals surface area contributed by atoms with Gasteiger partial charge in [0.2, 0.25) is 0 Å². The number of hydrogen-bond donors (Lipinski definition) is 0. The van der Waals surface area contributed by atoms with Crippen LogP contribution in [-0.4, -0.2) is 65.9 Å². The second kappa shape index (κ2) is 12.1. The molecule has 4 amide bonds. The maximum atomic E-state index is 13.6. The molecule has 2 rings (SSSR count). The average molecular weight is 461 g/mol. The third-order valence-electron chi connectivity index (χ3n) is 5.62. The van der Waals surface area contributed by atoms with Crippen molar-refractivity contribution in [1.82, 2.24) is 9.80 Å². The van der Waals surface area contributed by atoms with Crippen LogP contribution in [0.25, 0.3) is 0 Å². The Hall–Kier alpha value is -3.23. The molecule has 1 aromatic rings. The molecular weight excluding hydrogens is 428 g/mol. The van der Waals surface area contributed by atoms with E-state index in [0.29, 0.717) is 5.56 Å². The number of amides is 4. The Morgan fingerprint density at radius 1 is 0.788 bits per heavy atom. The SMILES string of the molecule is CCOC(=O)CCCN1C(=O)N(CCCC(=O)OCC)C(=O)C(CC)(c2ccccc2)C1=O. The van der Waals surface area contributed by atoms with Gasteiger partial charge < -0.3 is 9.47 Å². The molecule has 0 N–H and O–H groups in total. The summed E-state index contributed by atoms with van der Waals surface area (Å²) in [6.45, 7) is 5.58. The molecule has 0 saturated carbocycles. The van der Waals surface area contributed by atoms with Gasteiger partial charge in [0.05, 0.1) is 13.2 Å². The van der Waals surface area contributed by atoms with Gasteiger partial charge in [0, 0.05) is 25.9 Å². The second-order valence-electron chi connectivity index (χ2n) is 7.64. The Labute approximate surface area is 194 Å². The smallest absolute Gasteiger partial charge is 0.333 e. The molecule has 1 saturated heterocycles. The molecule has 33 heavy (non-hydrogen) atoms. The molecule has 0 bridgehead atoms. The van der Waals surface area contributed by atoms with Crippen LogP contribution < -0.4 is 0 Å². The zero-order valence-corrected chi connectivity index (χ0v) is 19.5. The van der Waals surface area contributed by atoms with Crippen LogP contribution in [0.15, 0.2) is 30.3 Å². The number of carbonyl (C=O) groups is 5. The summed E-state index contributed by atoms with van der Waals surface area (Å²) in [5, 5.41) is 0. The van der Waals surface area contributed by atoms with Crippen LogP contribution in [-0.2, 0) is 34.1 Å². The van der Waals surface area contributed by atoms with E-state index in [9.17, 15) is 24.0 Å². The number of rotatable bonds is 12. The summed E-state index contributed by atoms with van der Waals surface area (Å²) in [6, 6.07) is 7.91. The first-order valence-electron chi connectivity index (χ1n) is 11.4. The maximum Gasteiger partial charge on any atom is 0.333 e. The fourth-order valence-electron chi connectivity index (χ4n) is 3.97. The van der Waals surface area contributed by atoms with E-state index in [1.165, 1.54) is 0 Å². The van der Waals surface area contributed by atoms with Crippen molar-refractivity contribution in [3.8, 4) is 0 Å². The van der Waals surface area contributed by atoms with E-state index in [1.54, 1.807) is 51.1 Å². The highest BCUT2D eigenvalue weighted by atomic mass is 16.5. The number of ether oxygens (including phenoxy) is 2. The molecule has 0 unspecified atom stereocenters. The molecule has 0 atom stereocenters. The minimum absolute atomic E-state index is 0.0211. The van der Waals surface area contributed by atoms with Crippen LogP contribution in [0.1, 0.15) is 58.4 Å². The standard InChI is InChI=1S/C24H32N2O7/c1-4-24(18-12-8-7-9-13-18)21(29)25(16-10-14-19(27)32-5-2)23(31)26(22(24)30)17-11-15-20(28)33-6-3/h7-9,12-13H,4-6,10-11,14-17H2,1-3H3. The number of hydrogen-bond acceptors (Lipinski definition) is 7. The molecule has 9 heteroatoms. The van der Waals surface area contributed by atoms with E-state index in [4.69, 9.17) is 9.47 Å². The van der Waals surface area contributed by atoms with Gasteiger partial charge in [0.1, 0.15) is 0 Å². The van der Waals surface area contributed by atoms with Crippen molar-refractivity contribution in [2.45, 2.75) is 58.3 Å². The predicted octanol–water partition coefficient (Wildman–Crippen LogP) is 2.81. The third-order valence-corrected chi connectivity index (χ3v) is 5.62. The fourth-order valence-corrected chi connectivity index (χ4v) is 3.97. The molecule has 0 spiro atoms. The lowest BCUT2D eigenvalue weighted by Crippen LogP contribution is -2.67. The van der Waals surface area contributed by atoms with Gasteiger partial charge in [-0.05, 0) is 38.7 Å². The fraction of sp³-hybridized carbons (Fsp3) is 0.542. The molecule has 0 aliphatic carbocycles. The van der Waals surface area contributed by atoms with Crippen LogP contribution in [0.2, 0.25) is 0 Å². The van der Waals surface area contributed by atoms with Crippen molar-refractivity contribution in [2.24, 2.45) is 0 Å². The molecule has 1 heterocycles. The highest BCUT2D eigenvalue weighted by molar-refractivity contribution is 6.22. The third kappa shape index (κ3) is 5.77. The first-order chi connectivity index (χ1) is 15.8. The van der Waals surface area contributed by atoms with E-state index >= 15 is 0 Å². The quantitative estimate of drug-likeness (QED) is 0.348. The van der Waals surface area contributed by atoms with Crippen molar-refractivity contribution < 1.29 is 33.4 Å². The molecule has 1 aliphatic heterocycles. The number of nitrogens with zero attached hydrogens (tertiary/aromatic N) is 2. The first-order valence-corrected chi connectivity index (χ1v) is 11.4. The first kappa shape index (κ1) is 26.0. The Morgan fingerprint density at radius 2 is 1.24 bits per heavy atom. The van der Waals surface area contributed by atoms with Crippen LogP contribution in [0.5, 0.6) is 0 Å². The summed E-state index contributed by atoms with van der Waals surface area (Å²) in [4.78, 5) is 65.8. The Kier molecular flexibility index (Phi) is 9.57. The summed E-state index contributed by atoms with van der Waals surface area (Å²) >= 11 is 0. The van der Waals surface area contributed by atoms with Crippen molar-refractivity contribution in [1.29, 1.82) is 0 Å². The van der Waals surface area contributed by atoms with E-state index < -0.39 is 35.2 Å². The average Bonchev–Trinajstić information content (AvgIpc) is 2.80. The molecule has 0 radical (unpaired) electrons. The molecular formula is C24H32N2O7. The van der Waals surface area contributed by atoms with Crippen LogP contribution in [0.3, 0.4) is 0 Å². The lowest BCUT2D eigenvalue weighted by atomic mass is 9.74. The Morgan fingerprint density at radius 3 is 1.64 bits per heavy atom. The van der Waals surface area contributed by atoms with E-state index in [-0.39, 0.29) is 58.4 Å². The summed E-state index contributed by atoms with van der Waals surface area (Å²) in [5.41, 5.74) is -1.05. The molecule has 180 valence electrons. The number of barbiturate groups is 1. The number of benzene rings is 1. The zero-order chi connectivity index (χ0) is 24.4. The lowest BCUT2D eigenvalue weighted by Gasteiger charge is -2.44. The van der Waals surface area contributed by atoms with Crippen molar-refractivity contribution in [3.63, 3.8) is 0 Å². The monoisotopic (exact) mass is 460 g/mol. The largest absolute Gasteiger partial charge is 0.466 e. The van der Waals surface area contributed by atoms with Gasteiger partial charge in [-0.15, -0.1) is 0 Å². The predicted molar refractivity (Wildman–Crippen MR) is 119 cm³/mol. The molecule has 1 fully saturated rings. The Balaban J connectivity index is 2.32. The second-order valence-corrected chi connectivity index (χ2v) is 7.64. The van der Waals surface area contributed by atoms with Crippen molar-refractivity contribution >= 4 is 29.8 Å². The molecule has 1 aromatic carbocycles. The van der Waals surface area contributed by atoms with Gasteiger partial charge in [0.25, 0.3) is 11.8 Å². The number of esters is 2. The highest BCUT2D eigenvalue weighted by Gasteiger charge is 2.56. The molecule has 1 aliphatic rings. The molecule has 0 aromatic heterocycles. The maximum absolute atomic E-state index is 13.6. The minimum atomic E-state index is -1.55. The van der Waals surface area contributed by atoms with Crippen molar-refractivity contribution in [3.05, 3.63) is 35.9 Å². The summed E-state index contributed by atoms with van der Waals surface area (Å²) in [7, 11) is 0. The number of urea groups is 1. The summed E-state index contributed by atoms with van der Waals surface area (Å²) in [5.74, 6) is -2.03. The number of carbonyl (C=O) groups excluding carboxylic acids is 5. The van der Waals surface area contributed by atoms with E-state index in [1.807, 2.05) is 0 Å². The minimum Gasteiger partial charge on any atom is -0.466 e.